The van der Waals surface area contributed by atoms with E-state index in [0.717, 1.165) is 12.1 Å². The average molecular weight is 284 g/mol. The molecule has 2 N–H and O–H groups in total. The number of carbonyl (C=O) groups excluding carboxylic acids is 1. The Bertz CT molecular complexity index is 514. The van der Waals surface area contributed by atoms with Crippen LogP contribution in [0.25, 0.3) is 0 Å². The minimum atomic E-state index is -0.962. The third-order valence-corrected chi connectivity index (χ3v) is 3.22. The second-order valence-electron chi connectivity index (χ2n) is 5.51. The lowest BCUT2D eigenvalue weighted by Gasteiger charge is -2.36. The average Bonchev–Trinajstić information content (AvgIpc) is 2.40. The lowest BCUT2D eigenvalue weighted by molar-refractivity contribution is -0.143. The highest BCUT2D eigenvalue weighted by molar-refractivity contribution is 5.85. The second kappa shape index (κ2) is 5.46. The van der Waals surface area contributed by atoms with Crippen molar-refractivity contribution in [2.75, 3.05) is 19.7 Å². The number of nitrogens with two attached hydrogens (primary N) is 1. The van der Waals surface area contributed by atoms with Crippen LogP contribution in [0.4, 0.5) is 8.78 Å². The highest BCUT2D eigenvalue weighted by atomic mass is 19.2. The Morgan fingerprint density at radius 2 is 2.10 bits per heavy atom. The monoisotopic (exact) mass is 284 g/mol. The zero-order valence-electron chi connectivity index (χ0n) is 11.5. The van der Waals surface area contributed by atoms with E-state index in [1.165, 1.54) is 6.07 Å². The summed E-state index contributed by atoms with van der Waals surface area (Å²) in [4.78, 5) is 13.7. The van der Waals surface area contributed by atoms with Crippen LogP contribution in [0.2, 0.25) is 0 Å². The first kappa shape index (κ1) is 14.9. The summed E-state index contributed by atoms with van der Waals surface area (Å²) < 4.78 is 31.7. The summed E-state index contributed by atoms with van der Waals surface area (Å²) in [5.41, 5.74) is 5.34. The number of hydrogen-bond acceptors (Lipinski definition) is 3. The van der Waals surface area contributed by atoms with Crippen molar-refractivity contribution in [1.29, 1.82) is 0 Å². The van der Waals surface area contributed by atoms with E-state index < -0.39 is 23.3 Å². The Morgan fingerprint density at radius 1 is 1.40 bits per heavy atom. The summed E-state index contributed by atoms with van der Waals surface area (Å²) in [5, 5.41) is 0. The van der Waals surface area contributed by atoms with Crippen molar-refractivity contribution in [3.63, 3.8) is 0 Å². The molecule has 1 unspecified atom stereocenters. The van der Waals surface area contributed by atoms with Crippen molar-refractivity contribution in [3.05, 3.63) is 35.4 Å². The van der Waals surface area contributed by atoms with E-state index in [1.807, 2.05) is 0 Å². The first-order valence-corrected chi connectivity index (χ1v) is 6.44. The van der Waals surface area contributed by atoms with Gasteiger partial charge in [-0.15, -0.1) is 0 Å². The van der Waals surface area contributed by atoms with E-state index in [2.05, 4.69) is 0 Å². The number of morpholine rings is 1. The van der Waals surface area contributed by atoms with Gasteiger partial charge in [0.2, 0.25) is 5.91 Å². The Labute approximate surface area is 116 Å². The van der Waals surface area contributed by atoms with Crippen molar-refractivity contribution < 1.29 is 18.3 Å². The largest absolute Gasteiger partial charge is 0.370 e. The zero-order valence-corrected chi connectivity index (χ0v) is 11.5. The smallest absolute Gasteiger partial charge is 0.242 e. The van der Waals surface area contributed by atoms with E-state index in [-0.39, 0.29) is 12.5 Å². The summed E-state index contributed by atoms with van der Waals surface area (Å²) in [6, 6.07) is 3.62. The first-order chi connectivity index (χ1) is 9.29. The zero-order chi connectivity index (χ0) is 14.9. The molecule has 1 aromatic rings. The molecule has 1 aliphatic rings. The molecular weight excluding hydrogens is 266 g/mol. The molecular formula is C14H18F2N2O2. The maximum Gasteiger partial charge on any atom is 0.242 e. The van der Waals surface area contributed by atoms with Crippen molar-refractivity contribution in [3.8, 4) is 0 Å². The van der Waals surface area contributed by atoms with Crippen molar-refractivity contribution >= 4 is 5.91 Å². The SMILES string of the molecule is CC(C)(N)C(=O)N1CCOC(c2ccc(F)c(F)c2)C1. The molecule has 20 heavy (non-hydrogen) atoms. The van der Waals surface area contributed by atoms with Gasteiger partial charge in [-0.25, -0.2) is 8.78 Å². The van der Waals surface area contributed by atoms with E-state index in [9.17, 15) is 13.6 Å². The normalized spacial score (nSPS) is 20.1. The molecule has 0 spiro atoms. The number of ether oxygens (including phenoxy) is 1. The van der Waals surface area contributed by atoms with E-state index in [1.54, 1.807) is 18.7 Å². The van der Waals surface area contributed by atoms with Gasteiger partial charge in [-0.1, -0.05) is 6.07 Å². The van der Waals surface area contributed by atoms with Crippen LogP contribution >= 0.6 is 0 Å². The predicted octanol–water partition coefficient (Wildman–Crippen LogP) is 1.60. The van der Waals surface area contributed by atoms with Gasteiger partial charge in [-0.05, 0) is 31.5 Å². The topological polar surface area (TPSA) is 55.6 Å². The summed E-state index contributed by atoms with van der Waals surface area (Å²) in [6.45, 7) is 4.34. The van der Waals surface area contributed by atoms with Gasteiger partial charge in [-0.3, -0.25) is 4.79 Å². The molecule has 1 aromatic carbocycles. The van der Waals surface area contributed by atoms with Crippen molar-refractivity contribution in [2.45, 2.75) is 25.5 Å². The molecule has 1 fully saturated rings. The van der Waals surface area contributed by atoms with Crippen LogP contribution in [-0.2, 0) is 9.53 Å². The quantitative estimate of drug-likeness (QED) is 0.897. The number of hydrogen-bond donors (Lipinski definition) is 1. The molecule has 6 heteroatoms. The highest BCUT2D eigenvalue weighted by Crippen LogP contribution is 2.24. The van der Waals surface area contributed by atoms with Crippen LogP contribution in [0.5, 0.6) is 0 Å². The van der Waals surface area contributed by atoms with Crippen molar-refractivity contribution in [1.82, 2.24) is 4.90 Å². The Hall–Kier alpha value is -1.53. The van der Waals surface area contributed by atoms with E-state index in [4.69, 9.17) is 10.5 Å². The van der Waals surface area contributed by atoms with Gasteiger partial charge < -0.3 is 15.4 Å². The Morgan fingerprint density at radius 3 is 2.70 bits per heavy atom. The summed E-state index contributed by atoms with van der Waals surface area (Å²) >= 11 is 0. The molecule has 4 nitrogen and oxygen atoms in total. The summed E-state index contributed by atoms with van der Waals surface area (Å²) in [6.07, 6.45) is -0.467. The van der Waals surface area contributed by atoms with Crippen LogP contribution in [0.15, 0.2) is 18.2 Å². The van der Waals surface area contributed by atoms with Gasteiger partial charge >= 0.3 is 0 Å². The fourth-order valence-electron chi connectivity index (χ4n) is 2.16. The van der Waals surface area contributed by atoms with Gasteiger partial charge in [-0.2, -0.15) is 0 Å². The maximum absolute atomic E-state index is 13.2. The van der Waals surface area contributed by atoms with Gasteiger partial charge in [0.25, 0.3) is 0 Å². The number of halogens is 2. The third-order valence-electron chi connectivity index (χ3n) is 3.22. The minimum absolute atomic E-state index is 0.187. The van der Waals surface area contributed by atoms with Gasteiger partial charge in [0.1, 0.15) is 6.10 Å². The molecule has 0 radical (unpaired) electrons. The molecule has 2 rings (SSSR count). The molecule has 0 saturated carbocycles. The van der Waals surface area contributed by atoms with Gasteiger partial charge in [0.15, 0.2) is 11.6 Å². The number of amides is 1. The standard InChI is InChI=1S/C14H18F2N2O2/c1-14(2,17)13(19)18-5-6-20-12(8-18)9-3-4-10(15)11(16)7-9/h3-4,7,12H,5-6,8,17H2,1-2H3. The molecule has 0 aliphatic carbocycles. The number of benzene rings is 1. The molecule has 1 atom stereocenters. The second-order valence-corrected chi connectivity index (χ2v) is 5.51. The molecule has 0 aromatic heterocycles. The molecule has 1 heterocycles. The Balaban J connectivity index is 2.14. The van der Waals surface area contributed by atoms with E-state index >= 15 is 0 Å². The van der Waals surface area contributed by atoms with Crippen LogP contribution in [0, 0.1) is 11.6 Å². The fraction of sp³-hybridized carbons (Fsp3) is 0.500. The maximum atomic E-state index is 13.2. The van der Waals surface area contributed by atoms with Crippen LogP contribution in [-0.4, -0.2) is 36.0 Å². The lowest BCUT2D eigenvalue weighted by atomic mass is 10.0. The number of nitrogens with zero attached hydrogens (tertiary/aromatic N) is 1. The molecule has 1 amide bonds. The van der Waals surface area contributed by atoms with E-state index in [0.29, 0.717) is 18.7 Å². The molecule has 1 saturated heterocycles. The molecule has 0 bridgehead atoms. The first-order valence-electron chi connectivity index (χ1n) is 6.44. The van der Waals surface area contributed by atoms with Crippen LogP contribution < -0.4 is 5.73 Å². The highest BCUT2D eigenvalue weighted by Gasteiger charge is 2.32. The predicted molar refractivity (Wildman–Crippen MR) is 69.9 cm³/mol. The van der Waals surface area contributed by atoms with Gasteiger partial charge in [0, 0.05) is 6.54 Å². The van der Waals surface area contributed by atoms with Crippen LogP contribution in [0.1, 0.15) is 25.5 Å². The third kappa shape index (κ3) is 3.13. The summed E-state index contributed by atoms with van der Waals surface area (Å²) in [7, 11) is 0. The fourth-order valence-corrected chi connectivity index (χ4v) is 2.16. The van der Waals surface area contributed by atoms with Crippen molar-refractivity contribution in [2.24, 2.45) is 5.73 Å². The Kier molecular flexibility index (Phi) is 4.06. The summed E-state index contributed by atoms with van der Waals surface area (Å²) in [5.74, 6) is -2.01. The minimum Gasteiger partial charge on any atom is -0.370 e. The number of rotatable bonds is 2. The van der Waals surface area contributed by atoms with Gasteiger partial charge in [0.05, 0.1) is 18.7 Å². The van der Waals surface area contributed by atoms with Crippen LogP contribution in [0.3, 0.4) is 0 Å². The molecule has 1 aliphatic heterocycles. The number of carbonyl (C=O) groups is 1. The lowest BCUT2D eigenvalue weighted by Crippen LogP contribution is -2.54. The molecule has 110 valence electrons.